The third kappa shape index (κ3) is 2.52. The summed E-state index contributed by atoms with van der Waals surface area (Å²) in [5.74, 6) is 1.35. The topological polar surface area (TPSA) is 80.6 Å². The van der Waals surface area contributed by atoms with E-state index in [-0.39, 0.29) is 18.4 Å². The minimum absolute atomic E-state index is 0.0376. The average molecular weight is 327 g/mol. The van der Waals surface area contributed by atoms with Crippen molar-refractivity contribution in [1.29, 1.82) is 0 Å². The zero-order chi connectivity index (χ0) is 16.7. The van der Waals surface area contributed by atoms with E-state index in [0.717, 1.165) is 16.6 Å². The van der Waals surface area contributed by atoms with Gasteiger partial charge in [0.1, 0.15) is 12.0 Å². The third-order valence-corrected chi connectivity index (χ3v) is 4.38. The lowest BCUT2D eigenvalue weighted by Crippen LogP contribution is -2.26. The molecular formula is C17H17N3O4. The highest BCUT2D eigenvalue weighted by molar-refractivity contribution is 5.83. The number of hydrogen-bond donors (Lipinski definition) is 1. The molecule has 0 saturated carbocycles. The van der Waals surface area contributed by atoms with Gasteiger partial charge >= 0.3 is 0 Å². The first-order valence-electron chi connectivity index (χ1n) is 7.68. The summed E-state index contributed by atoms with van der Waals surface area (Å²) in [4.78, 5) is 17.3. The number of aromatic nitrogens is 2. The molecule has 3 heterocycles. The van der Waals surface area contributed by atoms with Crippen molar-refractivity contribution < 1.29 is 14.0 Å². The van der Waals surface area contributed by atoms with E-state index in [0.29, 0.717) is 23.6 Å². The molecule has 1 aromatic carbocycles. The predicted molar refractivity (Wildman–Crippen MR) is 87.1 cm³/mol. The van der Waals surface area contributed by atoms with E-state index in [1.165, 1.54) is 0 Å². The molecule has 1 aliphatic heterocycles. The second-order valence-corrected chi connectivity index (χ2v) is 5.93. The van der Waals surface area contributed by atoms with Crippen molar-refractivity contribution in [3.63, 3.8) is 0 Å². The van der Waals surface area contributed by atoms with E-state index < -0.39 is 0 Å². The number of ether oxygens (including phenoxy) is 2. The maximum atomic E-state index is 12.4. The van der Waals surface area contributed by atoms with Gasteiger partial charge in [0, 0.05) is 29.6 Å². The average Bonchev–Trinajstić information content (AvgIpc) is 3.24. The highest BCUT2D eigenvalue weighted by Crippen LogP contribution is 2.35. The van der Waals surface area contributed by atoms with Crippen molar-refractivity contribution in [2.24, 2.45) is 0 Å². The van der Waals surface area contributed by atoms with Crippen LogP contribution >= 0.6 is 0 Å². The molecule has 24 heavy (non-hydrogen) atoms. The second kappa shape index (κ2) is 5.68. The van der Waals surface area contributed by atoms with Crippen LogP contribution < -0.4 is 15.0 Å². The molecule has 0 saturated heterocycles. The molecule has 0 amide bonds. The maximum Gasteiger partial charge on any atom is 0.252 e. The fourth-order valence-corrected chi connectivity index (χ4v) is 2.83. The van der Waals surface area contributed by atoms with Gasteiger partial charge in [0.2, 0.25) is 6.79 Å². The zero-order valence-electron chi connectivity index (χ0n) is 13.4. The zero-order valence-corrected chi connectivity index (χ0v) is 13.4. The molecule has 1 aliphatic rings. The first kappa shape index (κ1) is 14.8. The van der Waals surface area contributed by atoms with E-state index in [9.17, 15) is 4.79 Å². The van der Waals surface area contributed by atoms with Crippen molar-refractivity contribution in [2.45, 2.75) is 19.5 Å². The standard InChI is InChI=1S/C17H17N3O4/c1-10(13-3-4-24-19-13)20(2)8-12-5-11-6-15-16(23-9-22-15)7-14(11)18-17(12)21/h3-7,10H,8-9H2,1-2H3,(H,18,21)/t10-/m0/s1. The van der Waals surface area contributed by atoms with Crippen LogP contribution in [0.1, 0.15) is 24.2 Å². The Kier molecular flexibility index (Phi) is 3.50. The van der Waals surface area contributed by atoms with Crippen LogP contribution in [0, 0.1) is 0 Å². The minimum Gasteiger partial charge on any atom is -0.454 e. The molecule has 3 aromatic rings. The molecule has 1 N–H and O–H groups in total. The van der Waals surface area contributed by atoms with Gasteiger partial charge in [-0.05, 0) is 26.1 Å². The quantitative estimate of drug-likeness (QED) is 0.793. The van der Waals surface area contributed by atoms with E-state index in [2.05, 4.69) is 10.1 Å². The van der Waals surface area contributed by atoms with E-state index in [1.54, 1.807) is 12.3 Å². The van der Waals surface area contributed by atoms with Gasteiger partial charge in [0.15, 0.2) is 11.5 Å². The molecule has 0 fully saturated rings. The third-order valence-electron chi connectivity index (χ3n) is 4.38. The number of pyridine rings is 1. The van der Waals surface area contributed by atoms with Crippen LogP contribution in [0.25, 0.3) is 10.9 Å². The first-order chi connectivity index (χ1) is 11.6. The number of benzene rings is 1. The number of aromatic amines is 1. The smallest absolute Gasteiger partial charge is 0.252 e. The van der Waals surface area contributed by atoms with Crippen LogP contribution in [-0.4, -0.2) is 28.9 Å². The summed E-state index contributed by atoms with van der Waals surface area (Å²) in [5, 5.41) is 4.87. The lowest BCUT2D eigenvalue weighted by atomic mass is 10.1. The van der Waals surface area contributed by atoms with Crippen molar-refractivity contribution in [3.05, 3.63) is 52.1 Å². The Morgan fingerprint density at radius 2 is 2.08 bits per heavy atom. The van der Waals surface area contributed by atoms with Crippen LogP contribution in [0.2, 0.25) is 0 Å². The molecule has 7 heteroatoms. The summed E-state index contributed by atoms with van der Waals surface area (Å²) in [6, 6.07) is 7.44. The molecular weight excluding hydrogens is 310 g/mol. The second-order valence-electron chi connectivity index (χ2n) is 5.93. The van der Waals surface area contributed by atoms with Crippen molar-refractivity contribution in [2.75, 3.05) is 13.8 Å². The monoisotopic (exact) mass is 327 g/mol. The summed E-state index contributed by atoms with van der Waals surface area (Å²) >= 11 is 0. The van der Waals surface area contributed by atoms with Crippen molar-refractivity contribution in [1.82, 2.24) is 15.0 Å². The molecule has 0 radical (unpaired) electrons. The fraction of sp³-hybridized carbons (Fsp3) is 0.294. The summed E-state index contributed by atoms with van der Waals surface area (Å²) in [6.07, 6.45) is 1.55. The number of H-pyrrole nitrogens is 1. The molecule has 7 nitrogen and oxygen atoms in total. The fourth-order valence-electron chi connectivity index (χ4n) is 2.83. The molecule has 124 valence electrons. The summed E-state index contributed by atoms with van der Waals surface area (Å²) in [6.45, 7) is 2.72. The highest BCUT2D eigenvalue weighted by Gasteiger charge is 2.18. The Labute approximate surface area is 137 Å². The lowest BCUT2D eigenvalue weighted by molar-refractivity contribution is 0.174. The number of fused-ring (bicyclic) bond motifs is 2. The number of rotatable bonds is 4. The van der Waals surface area contributed by atoms with Crippen LogP contribution in [-0.2, 0) is 6.54 Å². The van der Waals surface area contributed by atoms with Gasteiger partial charge < -0.3 is 19.0 Å². The van der Waals surface area contributed by atoms with Gasteiger partial charge in [0.05, 0.1) is 11.6 Å². The van der Waals surface area contributed by atoms with Gasteiger partial charge in [0.25, 0.3) is 5.56 Å². The van der Waals surface area contributed by atoms with Gasteiger partial charge in [-0.25, -0.2) is 0 Å². The predicted octanol–water partition coefficient (Wildman–Crippen LogP) is 2.44. The van der Waals surface area contributed by atoms with Gasteiger partial charge in [-0.3, -0.25) is 9.69 Å². The first-order valence-corrected chi connectivity index (χ1v) is 7.68. The van der Waals surface area contributed by atoms with E-state index >= 15 is 0 Å². The SMILES string of the molecule is C[C@@H](c1ccon1)N(C)Cc1cc2cc3c(cc2[nH]c1=O)OCO3. The highest BCUT2D eigenvalue weighted by atomic mass is 16.7. The van der Waals surface area contributed by atoms with Gasteiger partial charge in [-0.1, -0.05) is 5.16 Å². The molecule has 0 unspecified atom stereocenters. The Balaban J connectivity index is 1.65. The number of nitrogens with one attached hydrogen (secondary N) is 1. The maximum absolute atomic E-state index is 12.4. The minimum atomic E-state index is -0.111. The van der Waals surface area contributed by atoms with Crippen LogP contribution in [0.4, 0.5) is 0 Å². The van der Waals surface area contributed by atoms with Crippen molar-refractivity contribution >= 4 is 10.9 Å². The molecule has 2 aromatic heterocycles. The van der Waals surface area contributed by atoms with Gasteiger partial charge in [-0.15, -0.1) is 0 Å². The largest absolute Gasteiger partial charge is 0.454 e. The Morgan fingerprint density at radius 1 is 1.29 bits per heavy atom. The normalized spacial score (nSPS) is 14.5. The Morgan fingerprint density at radius 3 is 2.83 bits per heavy atom. The summed E-state index contributed by atoms with van der Waals surface area (Å²) in [5.41, 5.74) is 2.14. The Hall–Kier alpha value is -2.80. The molecule has 0 spiro atoms. The van der Waals surface area contributed by atoms with Crippen LogP contribution in [0.15, 0.2) is 39.8 Å². The van der Waals surface area contributed by atoms with E-state index in [1.807, 2.05) is 37.1 Å². The lowest BCUT2D eigenvalue weighted by Gasteiger charge is -2.22. The van der Waals surface area contributed by atoms with Gasteiger partial charge in [-0.2, -0.15) is 0 Å². The van der Waals surface area contributed by atoms with Crippen LogP contribution in [0.3, 0.4) is 0 Å². The summed E-state index contributed by atoms with van der Waals surface area (Å²) < 4.78 is 15.6. The summed E-state index contributed by atoms with van der Waals surface area (Å²) in [7, 11) is 1.95. The number of hydrogen-bond acceptors (Lipinski definition) is 6. The van der Waals surface area contributed by atoms with Crippen LogP contribution in [0.5, 0.6) is 11.5 Å². The Bertz CT molecular complexity index is 933. The molecule has 0 bridgehead atoms. The van der Waals surface area contributed by atoms with E-state index in [4.69, 9.17) is 14.0 Å². The molecule has 4 rings (SSSR count). The molecule has 1 atom stereocenters. The molecule has 0 aliphatic carbocycles. The van der Waals surface area contributed by atoms with Crippen molar-refractivity contribution in [3.8, 4) is 11.5 Å². The number of nitrogens with zero attached hydrogens (tertiary/aromatic N) is 2.